The van der Waals surface area contributed by atoms with Gasteiger partial charge in [-0.15, -0.1) is 0 Å². The molecule has 1 heterocycles. The zero-order valence-electron chi connectivity index (χ0n) is 10.8. The van der Waals surface area contributed by atoms with Gasteiger partial charge in [-0.2, -0.15) is 10.5 Å². The first-order valence-corrected chi connectivity index (χ1v) is 6.41. The van der Waals surface area contributed by atoms with E-state index in [1.54, 1.807) is 24.3 Å². The number of pyridine rings is 1. The van der Waals surface area contributed by atoms with Gasteiger partial charge in [-0.1, -0.05) is 12.1 Å². The van der Waals surface area contributed by atoms with Crippen LogP contribution in [0.4, 0.5) is 0 Å². The minimum Gasteiger partial charge on any atom is -0.436 e. The Morgan fingerprint density at radius 1 is 1.05 bits per heavy atom. The van der Waals surface area contributed by atoms with Gasteiger partial charge in [0.05, 0.1) is 5.56 Å². The van der Waals surface area contributed by atoms with E-state index in [4.69, 9.17) is 10.00 Å². The highest BCUT2D eigenvalue weighted by Crippen LogP contribution is 2.30. The molecule has 0 N–H and O–H groups in total. The lowest BCUT2D eigenvalue weighted by Gasteiger charge is -2.09. The quantitative estimate of drug-likeness (QED) is 0.832. The lowest BCUT2D eigenvalue weighted by Crippen LogP contribution is -1.98. The maximum atomic E-state index is 9.22. The van der Waals surface area contributed by atoms with Crippen molar-refractivity contribution in [2.24, 2.45) is 0 Å². The molecule has 0 radical (unpaired) electrons. The van der Waals surface area contributed by atoms with Crippen molar-refractivity contribution in [2.45, 2.75) is 19.3 Å². The summed E-state index contributed by atoms with van der Waals surface area (Å²) in [6, 6.07) is 13.0. The molecule has 4 heteroatoms. The average molecular weight is 261 g/mol. The second-order valence-corrected chi connectivity index (χ2v) is 4.62. The van der Waals surface area contributed by atoms with Crippen LogP contribution in [0.25, 0.3) is 0 Å². The first-order chi connectivity index (χ1) is 9.81. The predicted molar refractivity (Wildman–Crippen MR) is 72.2 cm³/mol. The number of ether oxygens (including phenoxy) is 1. The van der Waals surface area contributed by atoms with Crippen molar-refractivity contribution in [1.82, 2.24) is 4.98 Å². The molecule has 2 aromatic rings. The van der Waals surface area contributed by atoms with Crippen molar-refractivity contribution in [2.75, 3.05) is 0 Å². The summed E-state index contributed by atoms with van der Waals surface area (Å²) in [6.07, 6.45) is 2.94. The van der Waals surface area contributed by atoms with E-state index in [-0.39, 0.29) is 5.88 Å². The zero-order chi connectivity index (χ0) is 13.9. The van der Waals surface area contributed by atoms with E-state index in [0.717, 1.165) is 30.5 Å². The fourth-order valence-electron chi connectivity index (χ4n) is 2.36. The van der Waals surface area contributed by atoms with E-state index < -0.39 is 0 Å². The van der Waals surface area contributed by atoms with Crippen molar-refractivity contribution < 1.29 is 4.74 Å². The molecule has 0 amide bonds. The molecule has 1 aliphatic carbocycles. The van der Waals surface area contributed by atoms with Crippen LogP contribution in [-0.2, 0) is 12.8 Å². The van der Waals surface area contributed by atoms with Gasteiger partial charge in [-0.25, -0.2) is 4.98 Å². The molecule has 0 atom stereocenters. The summed E-state index contributed by atoms with van der Waals surface area (Å²) in [4.78, 5) is 4.44. The zero-order valence-corrected chi connectivity index (χ0v) is 10.8. The third kappa shape index (κ3) is 2.08. The van der Waals surface area contributed by atoms with Gasteiger partial charge in [0.15, 0.2) is 0 Å². The third-order valence-electron chi connectivity index (χ3n) is 3.35. The number of nitrogens with zero attached hydrogens (tertiary/aromatic N) is 3. The van der Waals surface area contributed by atoms with Gasteiger partial charge < -0.3 is 4.74 Å². The fraction of sp³-hybridized carbons (Fsp3) is 0.188. The minimum absolute atomic E-state index is 0.288. The van der Waals surface area contributed by atoms with E-state index in [0.29, 0.717) is 16.9 Å². The van der Waals surface area contributed by atoms with Gasteiger partial charge in [0.25, 0.3) is 0 Å². The number of rotatable bonds is 2. The van der Waals surface area contributed by atoms with Crippen LogP contribution >= 0.6 is 0 Å². The van der Waals surface area contributed by atoms with Crippen LogP contribution in [0.1, 0.15) is 28.8 Å². The van der Waals surface area contributed by atoms with Crippen molar-refractivity contribution in [3.8, 4) is 23.8 Å². The molecule has 0 unspecified atom stereocenters. The maximum Gasteiger partial charge on any atom is 0.237 e. The highest BCUT2D eigenvalue weighted by Gasteiger charge is 2.18. The molecular formula is C16H11N3O. The SMILES string of the molecule is N#Cc1ccccc1Oc1nc2c(cc1C#N)CCC2. The first kappa shape index (κ1) is 12.2. The normalized spacial score (nSPS) is 12.3. The second kappa shape index (κ2) is 5.03. The fourth-order valence-corrected chi connectivity index (χ4v) is 2.36. The van der Waals surface area contributed by atoms with E-state index in [1.165, 1.54) is 0 Å². The number of fused-ring (bicyclic) bond motifs is 1. The second-order valence-electron chi connectivity index (χ2n) is 4.62. The largest absolute Gasteiger partial charge is 0.436 e. The summed E-state index contributed by atoms with van der Waals surface area (Å²) in [6.45, 7) is 0. The Bertz CT molecular complexity index is 753. The monoisotopic (exact) mass is 261 g/mol. The molecule has 0 fully saturated rings. The number of aryl methyl sites for hydroxylation is 2. The summed E-state index contributed by atoms with van der Waals surface area (Å²) < 4.78 is 5.69. The van der Waals surface area contributed by atoms with Crippen molar-refractivity contribution >= 4 is 0 Å². The van der Waals surface area contributed by atoms with Gasteiger partial charge in [0.1, 0.15) is 23.5 Å². The van der Waals surface area contributed by atoms with Crippen molar-refractivity contribution in [3.05, 3.63) is 52.7 Å². The smallest absolute Gasteiger partial charge is 0.237 e. The Labute approximate surface area is 116 Å². The molecule has 20 heavy (non-hydrogen) atoms. The summed E-state index contributed by atoms with van der Waals surface area (Å²) in [7, 11) is 0. The maximum absolute atomic E-state index is 9.22. The first-order valence-electron chi connectivity index (χ1n) is 6.41. The molecule has 0 aliphatic heterocycles. The number of hydrogen-bond donors (Lipinski definition) is 0. The lowest BCUT2D eigenvalue weighted by molar-refractivity contribution is 0.458. The summed E-state index contributed by atoms with van der Waals surface area (Å²) in [5.41, 5.74) is 2.97. The summed E-state index contributed by atoms with van der Waals surface area (Å²) >= 11 is 0. The van der Waals surface area contributed by atoms with Crippen LogP contribution in [0.5, 0.6) is 11.6 Å². The molecule has 96 valence electrons. The highest BCUT2D eigenvalue weighted by atomic mass is 16.5. The summed E-state index contributed by atoms with van der Waals surface area (Å²) in [5, 5.41) is 18.3. The Kier molecular flexibility index (Phi) is 3.07. The number of nitriles is 2. The molecule has 0 saturated heterocycles. The molecule has 0 saturated carbocycles. The Morgan fingerprint density at radius 3 is 2.65 bits per heavy atom. The van der Waals surface area contributed by atoms with Crippen LogP contribution in [0.15, 0.2) is 30.3 Å². The van der Waals surface area contributed by atoms with Gasteiger partial charge in [-0.3, -0.25) is 0 Å². The molecule has 1 aliphatic rings. The topological polar surface area (TPSA) is 69.7 Å². The van der Waals surface area contributed by atoms with Crippen LogP contribution in [0.2, 0.25) is 0 Å². The number of aromatic nitrogens is 1. The number of para-hydroxylation sites is 1. The standard InChI is InChI=1S/C16H11N3O/c17-9-12-4-1-2-7-15(12)20-16-13(10-18)8-11-5-3-6-14(11)19-16/h1-2,4,7-8H,3,5-6H2. The molecular weight excluding hydrogens is 250 g/mol. The van der Waals surface area contributed by atoms with Crippen molar-refractivity contribution in [1.29, 1.82) is 10.5 Å². The van der Waals surface area contributed by atoms with Crippen LogP contribution in [-0.4, -0.2) is 4.98 Å². The molecule has 0 bridgehead atoms. The van der Waals surface area contributed by atoms with Gasteiger partial charge in [0.2, 0.25) is 5.88 Å². The number of benzene rings is 1. The molecule has 0 spiro atoms. The highest BCUT2D eigenvalue weighted by molar-refractivity contribution is 5.49. The van der Waals surface area contributed by atoms with Crippen LogP contribution in [0.3, 0.4) is 0 Å². The van der Waals surface area contributed by atoms with E-state index >= 15 is 0 Å². The van der Waals surface area contributed by atoms with E-state index in [2.05, 4.69) is 17.1 Å². The Hall–Kier alpha value is -2.85. The average Bonchev–Trinajstić information content (AvgIpc) is 2.94. The third-order valence-corrected chi connectivity index (χ3v) is 3.35. The predicted octanol–water partition coefficient (Wildman–Crippen LogP) is 3.11. The van der Waals surface area contributed by atoms with Gasteiger partial charge in [-0.05, 0) is 43.0 Å². The lowest BCUT2D eigenvalue weighted by atomic mass is 10.1. The molecule has 4 nitrogen and oxygen atoms in total. The molecule has 1 aromatic heterocycles. The molecule has 1 aromatic carbocycles. The minimum atomic E-state index is 0.288. The Balaban J connectivity index is 2.03. The summed E-state index contributed by atoms with van der Waals surface area (Å²) in [5.74, 6) is 0.716. The van der Waals surface area contributed by atoms with Gasteiger partial charge in [0, 0.05) is 5.69 Å². The van der Waals surface area contributed by atoms with E-state index in [9.17, 15) is 5.26 Å². The molecule has 3 rings (SSSR count). The number of hydrogen-bond acceptors (Lipinski definition) is 4. The van der Waals surface area contributed by atoms with Crippen molar-refractivity contribution in [3.63, 3.8) is 0 Å². The van der Waals surface area contributed by atoms with Gasteiger partial charge >= 0.3 is 0 Å². The Morgan fingerprint density at radius 2 is 1.85 bits per heavy atom. The van der Waals surface area contributed by atoms with E-state index in [1.807, 2.05) is 6.07 Å². The van der Waals surface area contributed by atoms with Crippen LogP contribution < -0.4 is 4.74 Å². The van der Waals surface area contributed by atoms with Crippen LogP contribution in [0, 0.1) is 22.7 Å².